The normalized spacial score (nSPS) is 11.7. The molecule has 0 heterocycles. The largest absolute Gasteiger partial charge is 0.481 e. The molecule has 0 aliphatic heterocycles. The van der Waals surface area contributed by atoms with Crippen LogP contribution in [0.2, 0.25) is 0 Å². The summed E-state index contributed by atoms with van der Waals surface area (Å²) in [5.74, 6) is 3.02. The maximum Gasteiger partial charge on any atom is 0.305 e. The number of benzene rings is 2. The molecular weight excluding hydrogens is 569 g/mol. The van der Waals surface area contributed by atoms with Gasteiger partial charge in [-0.25, -0.2) is 0 Å². The highest BCUT2D eigenvalue weighted by molar-refractivity contribution is 14.1. The van der Waals surface area contributed by atoms with E-state index in [-0.39, 0.29) is 13.0 Å². The third-order valence-corrected chi connectivity index (χ3v) is 4.92. The average molecular weight is 588 g/mol. The summed E-state index contributed by atoms with van der Waals surface area (Å²) < 4.78 is 1.67. The first-order chi connectivity index (χ1) is 14.3. The molecule has 1 atom stereocenters. The molecule has 11 heteroatoms. The van der Waals surface area contributed by atoms with Crippen molar-refractivity contribution in [3.63, 3.8) is 0 Å². The van der Waals surface area contributed by atoms with Crippen molar-refractivity contribution in [1.29, 1.82) is 0 Å². The first-order valence-corrected chi connectivity index (χ1v) is 10.5. The van der Waals surface area contributed by atoms with Crippen molar-refractivity contribution in [2.45, 2.75) is 12.5 Å². The molecule has 2 amide bonds. The highest BCUT2D eigenvalue weighted by Crippen LogP contribution is 2.24. The number of anilines is 1. The molecule has 2 aromatic rings. The molecule has 6 N–H and O–H groups in total. The first-order valence-electron chi connectivity index (χ1n) is 8.62. The molecule has 158 valence electrons. The fourth-order valence-electron chi connectivity index (χ4n) is 2.57. The van der Waals surface area contributed by atoms with Gasteiger partial charge in [0.25, 0.3) is 5.91 Å². The summed E-state index contributed by atoms with van der Waals surface area (Å²) >= 11 is 5.48. The van der Waals surface area contributed by atoms with Crippen LogP contribution in [0.5, 0.6) is 0 Å². The van der Waals surface area contributed by atoms with Gasteiger partial charge in [0.1, 0.15) is 6.34 Å². The minimum Gasteiger partial charge on any atom is -0.481 e. The van der Waals surface area contributed by atoms with Crippen molar-refractivity contribution in [3.05, 3.63) is 61.6 Å². The van der Waals surface area contributed by atoms with E-state index >= 15 is 0 Å². The number of aliphatic carboxylic acids is 1. The Bertz CT molecular complexity index is 949. The van der Waals surface area contributed by atoms with Crippen molar-refractivity contribution in [2.75, 3.05) is 11.9 Å². The molecular formula is C19H19BrIN5O4. The number of hydrazone groups is 1. The van der Waals surface area contributed by atoms with Crippen LogP contribution in [0, 0.1) is 3.57 Å². The van der Waals surface area contributed by atoms with Crippen LogP contribution in [0.1, 0.15) is 28.4 Å². The van der Waals surface area contributed by atoms with Crippen LogP contribution in [-0.2, 0) is 9.59 Å². The second kappa shape index (κ2) is 11.5. The Kier molecular flexibility index (Phi) is 9.05. The lowest BCUT2D eigenvalue weighted by atomic mass is 10.0. The highest BCUT2D eigenvalue weighted by Gasteiger charge is 2.19. The van der Waals surface area contributed by atoms with Crippen LogP contribution >= 0.6 is 38.5 Å². The zero-order valence-corrected chi connectivity index (χ0v) is 19.3. The monoisotopic (exact) mass is 587 g/mol. The van der Waals surface area contributed by atoms with Crippen molar-refractivity contribution < 1.29 is 19.5 Å². The summed E-state index contributed by atoms with van der Waals surface area (Å²) in [5, 5.41) is 20.5. The summed E-state index contributed by atoms with van der Waals surface area (Å²) in [6.45, 7) is -0.304. The van der Waals surface area contributed by atoms with Gasteiger partial charge in [-0.05, 0) is 64.6 Å². The Morgan fingerprint density at radius 1 is 1.23 bits per heavy atom. The summed E-state index contributed by atoms with van der Waals surface area (Å²) in [7, 11) is 0. The Morgan fingerprint density at radius 3 is 2.67 bits per heavy atom. The van der Waals surface area contributed by atoms with E-state index in [9.17, 15) is 19.5 Å². The summed E-state index contributed by atoms with van der Waals surface area (Å²) in [6, 6.07) is 11.2. The van der Waals surface area contributed by atoms with E-state index in [1.807, 2.05) is 6.07 Å². The number of nitrogens with two attached hydrogens (primary N) is 1. The standard InChI is InChI=1S/C19H19BrIN5O4/c20-13-4-12(5-14(21)7-13)16(8-18(28)29)26-17(27)9-23-19(30)11-2-1-3-15(6-11)24-10-25-22/h1-7,10,16H,8-9,22H2,(H,23,30)(H,24,25)(H,26,27)(H,28,29). The van der Waals surface area contributed by atoms with E-state index in [1.165, 1.54) is 6.34 Å². The van der Waals surface area contributed by atoms with Crippen LogP contribution in [0.4, 0.5) is 5.69 Å². The third-order valence-electron chi connectivity index (χ3n) is 3.84. The minimum absolute atomic E-state index is 0.289. The molecule has 0 saturated heterocycles. The number of hydrogen-bond donors (Lipinski definition) is 5. The van der Waals surface area contributed by atoms with E-state index < -0.39 is 23.8 Å². The third kappa shape index (κ3) is 7.63. The highest BCUT2D eigenvalue weighted by atomic mass is 127. The molecule has 9 nitrogen and oxygen atoms in total. The first kappa shape index (κ1) is 23.6. The van der Waals surface area contributed by atoms with Gasteiger partial charge in [-0.15, -0.1) is 0 Å². The minimum atomic E-state index is -1.05. The van der Waals surface area contributed by atoms with Gasteiger partial charge in [-0.3, -0.25) is 14.4 Å². The predicted octanol–water partition coefficient (Wildman–Crippen LogP) is 2.43. The number of halogens is 2. The average Bonchev–Trinajstić information content (AvgIpc) is 2.69. The van der Waals surface area contributed by atoms with Crippen LogP contribution < -0.4 is 21.8 Å². The second-order valence-corrected chi connectivity index (χ2v) is 8.27. The number of carbonyl (C=O) groups excluding carboxylic acids is 2. The van der Waals surface area contributed by atoms with Gasteiger partial charge in [-0.2, -0.15) is 5.10 Å². The van der Waals surface area contributed by atoms with Gasteiger partial charge in [-0.1, -0.05) is 22.0 Å². The number of carbonyl (C=O) groups is 3. The number of nitrogens with zero attached hydrogens (tertiary/aromatic N) is 1. The summed E-state index contributed by atoms with van der Waals surface area (Å²) in [5.41, 5.74) is 1.59. The maximum atomic E-state index is 12.3. The number of carboxylic acids is 1. The number of rotatable bonds is 9. The fraction of sp³-hybridized carbons (Fsp3) is 0.158. The Hall–Kier alpha value is -2.67. The zero-order chi connectivity index (χ0) is 22.1. The van der Waals surface area contributed by atoms with Crippen LogP contribution in [-0.4, -0.2) is 35.8 Å². The summed E-state index contributed by atoms with van der Waals surface area (Å²) in [4.78, 5) is 35.9. The van der Waals surface area contributed by atoms with E-state index in [0.717, 1.165) is 8.04 Å². The second-order valence-electron chi connectivity index (χ2n) is 6.11. The fourth-order valence-corrected chi connectivity index (χ4v) is 4.21. The SMILES string of the molecule is NN=CNc1cccc(C(=O)NCC(=O)NC(CC(=O)O)c2cc(Br)cc(I)c2)c1. The predicted molar refractivity (Wildman–Crippen MR) is 125 cm³/mol. The quantitative estimate of drug-likeness (QED) is 0.100. The molecule has 0 radical (unpaired) electrons. The summed E-state index contributed by atoms with van der Waals surface area (Å²) in [6.07, 6.45) is 0.985. The topological polar surface area (TPSA) is 146 Å². The lowest BCUT2D eigenvalue weighted by Crippen LogP contribution is -2.39. The smallest absolute Gasteiger partial charge is 0.305 e. The maximum absolute atomic E-state index is 12.3. The van der Waals surface area contributed by atoms with Crippen molar-refractivity contribution in [1.82, 2.24) is 10.6 Å². The Morgan fingerprint density at radius 2 is 2.00 bits per heavy atom. The van der Waals surface area contributed by atoms with E-state index in [2.05, 4.69) is 59.6 Å². The molecule has 0 aliphatic rings. The molecule has 0 bridgehead atoms. The zero-order valence-electron chi connectivity index (χ0n) is 15.6. The van der Waals surface area contributed by atoms with E-state index in [0.29, 0.717) is 16.8 Å². The molecule has 2 rings (SSSR count). The molecule has 0 aliphatic carbocycles. The van der Waals surface area contributed by atoms with Crippen LogP contribution in [0.25, 0.3) is 0 Å². The van der Waals surface area contributed by atoms with Crippen molar-refractivity contribution >= 4 is 68.3 Å². The molecule has 30 heavy (non-hydrogen) atoms. The van der Waals surface area contributed by atoms with E-state index in [1.54, 1.807) is 36.4 Å². The molecule has 1 unspecified atom stereocenters. The van der Waals surface area contributed by atoms with Gasteiger partial charge >= 0.3 is 5.97 Å². The van der Waals surface area contributed by atoms with Crippen molar-refractivity contribution in [2.24, 2.45) is 10.9 Å². The molecule has 0 spiro atoms. The Balaban J connectivity index is 2.01. The number of hydrogen-bond acceptors (Lipinski definition) is 5. The Labute approximate surface area is 194 Å². The number of carboxylic acid groups (broad SMARTS) is 1. The lowest BCUT2D eigenvalue weighted by molar-refractivity contribution is -0.137. The van der Waals surface area contributed by atoms with Crippen molar-refractivity contribution in [3.8, 4) is 0 Å². The molecule has 2 aromatic carbocycles. The van der Waals surface area contributed by atoms with Gasteiger partial charge in [0, 0.05) is 19.3 Å². The molecule has 0 saturated carbocycles. The molecule has 0 fully saturated rings. The van der Waals surface area contributed by atoms with Gasteiger partial charge in [0.05, 0.1) is 19.0 Å². The van der Waals surface area contributed by atoms with E-state index in [4.69, 9.17) is 5.84 Å². The van der Waals surface area contributed by atoms with Gasteiger partial charge in [0.15, 0.2) is 0 Å². The number of amides is 2. The lowest BCUT2D eigenvalue weighted by Gasteiger charge is -2.18. The van der Waals surface area contributed by atoms with Gasteiger partial charge < -0.3 is 26.9 Å². The number of nitrogens with one attached hydrogen (secondary N) is 3. The van der Waals surface area contributed by atoms with Crippen LogP contribution in [0.3, 0.4) is 0 Å². The van der Waals surface area contributed by atoms with Crippen LogP contribution in [0.15, 0.2) is 52.0 Å². The molecule has 0 aromatic heterocycles. The van der Waals surface area contributed by atoms with Gasteiger partial charge in [0.2, 0.25) is 5.91 Å².